The molecule has 1 aromatic carbocycles. The average molecular weight is 476 g/mol. The third-order valence-corrected chi connectivity index (χ3v) is 6.44. The molecule has 1 amide bonds. The van der Waals surface area contributed by atoms with E-state index in [2.05, 4.69) is 13.8 Å². The van der Waals surface area contributed by atoms with Crippen LogP contribution in [0.15, 0.2) is 18.2 Å². The molecule has 0 aromatic heterocycles. The number of ether oxygens (including phenoxy) is 5. The lowest BCUT2D eigenvalue weighted by atomic mass is 9.74. The first-order valence-electron chi connectivity index (χ1n) is 12.0. The van der Waals surface area contributed by atoms with Gasteiger partial charge < -0.3 is 28.6 Å². The third kappa shape index (κ3) is 5.11. The number of hydrogen-bond donors (Lipinski definition) is 0. The number of nitrogens with zero attached hydrogens (tertiary/aromatic N) is 1. The molecular weight excluding hydrogens is 438 g/mol. The Kier molecular flexibility index (Phi) is 6.03. The molecule has 2 saturated heterocycles. The molecule has 8 nitrogen and oxygen atoms in total. The van der Waals surface area contributed by atoms with E-state index in [4.69, 9.17) is 23.7 Å². The molecule has 0 aliphatic carbocycles. The molecule has 0 radical (unpaired) electrons. The van der Waals surface area contributed by atoms with E-state index < -0.39 is 23.0 Å². The predicted octanol–water partition coefficient (Wildman–Crippen LogP) is 5.63. The Morgan fingerprint density at radius 1 is 1.06 bits per heavy atom. The first-order valence-corrected chi connectivity index (χ1v) is 12.0. The van der Waals surface area contributed by atoms with Crippen molar-refractivity contribution in [2.75, 3.05) is 6.54 Å². The number of hydrogen-bond acceptors (Lipinski definition) is 7. The van der Waals surface area contributed by atoms with Gasteiger partial charge in [0.1, 0.15) is 28.3 Å². The highest BCUT2D eigenvalue weighted by Gasteiger charge is 2.54. The topological polar surface area (TPSA) is 83.5 Å². The quantitative estimate of drug-likeness (QED) is 0.385. The summed E-state index contributed by atoms with van der Waals surface area (Å²) >= 11 is 0. The van der Waals surface area contributed by atoms with Crippen molar-refractivity contribution < 1.29 is 33.3 Å². The summed E-state index contributed by atoms with van der Waals surface area (Å²) in [6, 6.07) is 5.24. The van der Waals surface area contributed by atoms with Gasteiger partial charge in [-0.3, -0.25) is 0 Å². The lowest BCUT2D eigenvalue weighted by Crippen LogP contribution is -2.55. The van der Waals surface area contributed by atoms with E-state index in [1.807, 2.05) is 26.8 Å². The van der Waals surface area contributed by atoms with Crippen LogP contribution in [-0.4, -0.2) is 52.6 Å². The van der Waals surface area contributed by atoms with Crippen molar-refractivity contribution in [3.05, 3.63) is 23.8 Å². The number of benzene rings is 1. The standard InChI is InChI=1S/C26H37NO7/c1-24(2,3)33-22(28)27-12-11-20-18(27)14-17-21(31-20)16-13-15(30-23(29)34-25(4,5)6)9-10-19(16)32-26(17,7)8/h9-10,13,17-18,20-21H,11-12,14H2,1-8H3/t17-,18+,20-,21+/m1/s1. The smallest absolute Gasteiger partial charge is 0.487 e. The van der Waals surface area contributed by atoms with Crippen LogP contribution in [0.3, 0.4) is 0 Å². The summed E-state index contributed by atoms with van der Waals surface area (Å²) in [7, 11) is 0. The van der Waals surface area contributed by atoms with Gasteiger partial charge in [-0.1, -0.05) is 0 Å². The fourth-order valence-corrected chi connectivity index (χ4v) is 5.05. The van der Waals surface area contributed by atoms with Crippen LogP contribution in [0.1, 0.15) is 79.9 Å². The van der Waals surface area contributed by atoms with Crippen molar-refractivity contribution in [3.63, 3.8) is 0 Å². The Labute approximate surface area is 201 Å². The summed E-state index contributed by atoms with van der Waals surface area (Å²) < 4.78 is 29.3. The van der Waals surface area contributed by atoms with Gasteiger partial charge in [0.05, 0.1) is 18.2 Å². The third-order valence-electron chi connectivity index (χ3n) is 6.44. The summed E-state index contributed by atoms with van der Waals surface area (Å²) in [4.78, 5) is 26.8. The van der Waals surface area contributed by atoms with Crippen molar-refractivity contribution >= 4 is 12.2 Å². The Morgan fingerprint density at radius 2 is 1.74 bits per heavy atom. The summed E-state index contributed by atoms with van der Waals surface area (Å²) in [5.74, 6) is 1.09. The van der Waals surface area contributed by atoms with Crippen LogP contribution in [0.5, 0.6) is 11.5 Å². The van der Waals surface area contributed by atoms with Gasteiger partial charge >= 0.3 is 12.2 Å². The van der Waals surface area contributed by atoms with Crippen LogP contribution in [0, 0.1) is 5.92 Å². The zero-order valence-corrected chi connectivity index (χ0v) is 21.5. The van der Waals surface area contributed by atoms with Gasteiger partial charge in [-0.05, 0) is 86.4 Å². The minimum atomic E-state index is -0.755. The van der Waals surface area contributed by atoms with Crippen molar-refractivity contribution in [1.29, 1.82) is 0 Å². The van der Waals surface area contributed by atoms with Gasteiger partial charge in [0, 0.05) is 18.0 Å². The molecule has 188 valence electrons. The number of fused-ring (bicyclic) bond motifs is 4. The zero-order valence-electron chi connectivity index (χ0n) is 21.5. The van der Waals surface area contributed by atoms with E-state index in [0.717, 1.165) is 18.4 Å². The number of carbonyl (C=O) groups excluding carboxylic acids is 2. The Hall–Kier alpha value is -2.48. The largest absolute Gasteiger partial charge is 0.514 e. The normalized spacial score (nSPS) is 27.6. The lowest BCUT2D eigenvalue weighted by molar-refractivity contribution is -0.161. The average Bonchev–Trinajstić information content (AvgIpc) is 3.07. The van der Waals surface area contributed by atoms with Crippen LogP contribution in [0.2, 0.25) is 0 Å². The summed E-state index contributed by atoms with van der Waals surface area (Å²) in [6.45, 7) is 15.7. The van der Waals surface area contributed by atoms with Gasteiger partial charge in [-0.15, -0.1) is 0 Å². The van der Waals surface area contributed by atoms with Crippen LogP contribution >= 0.6 is 0 Å². The number of likely N-dealkylation sites (tertiary alicyclic amines) is 1. The van der Waals surface area contributed by atoms with Crippen molar-refractivity contribution in [3.8, 4) is 11.5 Å². The predicted molar refractivity (Wildman–Crippen MR) is 125 cm³/mol. The highest BCUT2D eigenvalue weighted by molar-refractivity contribution is 5.69. The molecule has 0 bridgehead atoms. The van der Waals surface area contributed by atoms with Crippen LogP contribution < -0.4 is 9.47 Å². The molecular formula is C26H37NO7. The highest BCUT2D eigenvalue weighted by Crippen LogP contribution is 2.53. The number of carbonyl (C=O) groups is 2. The second kappa shape index (κ2) is 8.33. The Morgan fingerprint density at radius 3 is 2.38 bits per heavy atom. The van der Waals surface area contributed by atoms with Crippen molar-refractivity contribution in [2.45, 2.75) is 103 Å². The number of rotatable bonds is 1. The first kappa shape index (κ1) is 24.6. The molecule has 34 heavy (non-hydrogen) atoms. The monoisotopic (exact) mass is 475 g/mol. The molecule has 1 aromatic rings. The number of amides is 1. The van der Waals surface area contributed by atoms with Crippen LogP contribution in [0.25, 0.3) is 0 Å². The van der Waals surface area contributed by atoms with E-state index in [1.165, 1.54) is 0 Å². The fourth-order valence-electron chi connectivity index (χ4n) is 5.05. The summed E-state index contributed by atoms with van der Waals surface area (Å²) in [6.07, 6.45) is 0.0990. The fraction of sp³-hybridized carbons (Fsp3) is 0.692. The first-order chi connectivity index (χ1) is 15.6. The SMILES string of the molecule is CC(C)(C)OC(=O)Oc1ccc2c(c1)[C@@H]1O[C@@H]3CCN(C(=O)OC(C)(C)C)[C@H]3C[C@H]1C(C)(C)O2. The van der Waals surface area contributed by atoms with E-state index in [1.54, 1.807) is 37.8 Å². The lowest BCUT2D eigenvalue weighted by Gasteiger charge is -2.50. The van der Waals surface area contributed by atoms with Gasteiger partial charge in [0.15, 0.2) is 0 Å². The summed E-state index contributed by atoms with van der Waals surface area (Å²) in [5, 5.41) is 0. The van der Waals surface area contributed by atoms with Crippen molar-refractivity contribution in [2.24, 2.45) is 5.92 Å². The second-order valence-electron chi connectivity index (χ2n) is 11.9. The minimum Gasteiger partial charge on any atom is -0.487 e. The Balaban J connectivity index is 1.56. The van der Waals surface area contributed by atoms with Gasteiger partial charge in [-0.2, -0.15) is 0 Å². The molecule has 3 heterocycles. The molecule has 3 aliphatic rings. The maximum Gasteiger partial charge on any atom is 0.514 e. The molecule has 8 heteroatoms. The van der Waals surface area contributed by atoms with Gasteiger partial charge in [0.25, 0.3) is 0 Å². The second-order valence-corrected chi connectivity index (χ2v) is 11.9. The Bertz CT molecular complexity index is 959. The molecule has 0 unspecified atom stereocenters. The molecule has 0 spiro atoms. The van der Waals surface area contributed by atoms with E-state index in [-0.39, 0.29) is 30.3 Å². The van der Waals surface area contributed by atoms with E-state index in [9.17, 15) is 9.59 Å². The van der Waals surface area contributed by atoms with Crippen LogP contribution in [0.4, 0.5) is 9.59 Å². The molecule has 0 saturated carbocycles. The van der Waals surface area contributed by atoms with Crippen LogP contribution in [-0.2, 0) is 14.2 Å². The van der Waals surface area contributed by atoms with E-state index >= 15 is 0 Å². The maximum absolute atomic E-state index is 12.8. The minimum absolute atomic E-state index is 0.000985. The van der Waals surface area contributed by atoms with Gasteiger partial charge in [-0.25, -0.2) is 9.59 Å². The molecule has 0 N–H and O–H groups in total. The molecule has 2 fully saturated rings. The summed E-state index contributed by atoms with van der Waals surface area (Å²) in [5.41, 5.74) is -0.852. The van der Waals surface area contributed by atoms with Gasteiger partial charge in [0.2, 0.25) is 0 Å². The molecule has 3 aliphatic heterocycles. The highest BCUT2D eigenvalue weighted by atomic mass is 16.7. The van der Waals surface area contributed by atoms with Crippen molar-refractivity contribution in [1.82, 2.24) is 4.90 Å². The molecule has 4 rings (SSSR count). The van der Waals surface area contributed by atoms with E-state index in [0.29, 0.717) is 18.0 Å². The zero-order chi connectivity index (χ0) is 25.1. The molecule has 4 atom stereocenters. The maximum atomic E-state index is 12.8.